The number of carbonyl (C=O) groups is 2. The monoisotopic (exact) mass is 249 g/mol. The van der Waals surface area contributed by atoms with Gasteiger partial charge in [-0.3, -0.25) is 15.0 Å². The molecular formula is C12H15N3O3. The summed E-state index contributed by atoms with van der Waals surface area (Å²) in [5.41, 5.74) is 4.09. The number of hydrogen-bond donors (Lipinski definition) is 2. The van der Waals surface area contributed by atoms with Gasteiger partial charge in [-0.15, -0.1) is 0 Å². The number of anilines is 1. The first kappa shape index (κ1) is 12.4. The van der Waals surface area contributed by atoms with Gasteiger partial charge in [0.05, 0.1) is 12.1 Å². The zero-order valence-corrected chi connectivity index (χ0v) is 10.3. The van der Waals surface area contributed by atoms with Crippen LogP contribution in [0.15, 0.2) is 18.2 Å². The van der Waals surface area contributed by atoms with Crippen LogP contribution in [-0.2, 0) is 16.0 Å². The molecular weight excluding hydrogens is 234 g/mol. The summed E-state index contributed by atoms with van der Waals surface area (Å²) in [6, 6.07) is 5.32. The summed E-state index contributed by atoms with van der Waals surface area (Å²) in [6.07, 6.45) is 0.251. The molecule has 1 aliphatic heterocycles. The van der Waals surface area contributed by atoms with Gasteiger partial charge >= 0.3 is 0 Å². The molecule has 0 unspecified atom stereocenters. The molecule has 0 saturated heterocycles. The first-order chi connectivity index (χ1) is 8.54. The highest BCUT2D eigenvalue weighted by Gasteiger charge is 2.16. The highest BCUT2D eigenvalue weighted by atomic mass is 16.5. The second-order valence-electron chi connectivity index (χ2n) is 4.27. The Kier molecular flexibility index (Phi) is 3.47. The third-order valence-corrected chi connectivity index (χ3v) is 2.39. The number of nitrogens with one attached hydrogen (secondary N) is 2. The predicted molar refractivity (Wildman–Crippen MR) is 66.1 cm³/mol. The van der Waals surface area contributed by atoms with Gasteiger partial charge in [0.25, 0.3) is 5.91 Å². The lowest BCUT2D eigenvalue weighted by atomic mass is 10.1. The molecule has 0 fully saturated rings. The number of ether oxygens (including phenoxy) is 1. The molecule has 0 atom stereocenters. The van der Waals surface area contributed by atoms with Crippen LogP contribution in [0.25, 0.3) is 0 Å². The minimum Gasteiger partial charge on any atom is -0.482 e. The van der Waals surface area contributed by atoms with E-state index in [0.717, 1.165) is 5.56 Å². The van der Waals surface area contributed by atoms with Gasteiger partial charge in [0.2, 0.25) is 5.91 Å². The molecule has 1 aromatic carbocycles. The average Bonchev–Trinajstić information content (AvgIpc) is 2.27. The number of hydrazine groups is 1. The molecule has 0 aromatic heterocycles. The van der Waals surface area contributed by atoms with Crippen molar-refractivity contribution in [2.75, 3.05) is 26.0 Å². The van der Waals surface area contributed by atoms with Crippen molar-refractivity contribution in [3.05, 3.63) is 23.8 Å². The van der Waals surface area contributed by atoms with Gasteiger partial charge in [-0.05, 0) is 17.7 Å². The van der Waals surface area contributed by atoms with E-state index in [4.69, 9.17) is 4.74 Å². The third kappa shape index (κ3) is 2.98. The Balaban J connectivity index is 2.09. The van der Waals surface area contributed by atoms with Crippen molar-refractivity contribution in [3.63, 3.8) is 0 Å². The lowest BCUT2D eigenvalue weighted by Gasteiger charge is -2.18. The molecule has 2 amide bonds. The van der Waals surface area contributed by atoms with Crippen molar-refractivity contribution >= 4 is 17.5 Å². The molecule has 0 spiro atoms. The smallest absolute Gasteiger partial charge is 0.262 e. The molecule has 6 heteroatoms. The van der Waals surface area contributed by atoms with Crippen LogP contribution in [0.3, 0.4) is 0 Å². The zero-order chi connectivity index (χ0) is 13.1. The molecule has 0 aliphatic carbocycles. The van der Waals surface area contributed by atoms with E-state index >= 15 is 0 Å². The van der Waals surface area contributed by atoms with Crippen LogP contribution in [0, 0.1) is 0 Å². The van der Waals surface area contributed by atoms with Crippen LogP contribution < -0.4 is 15.5 Å². The number of nitrogens with zero attached hydrogens (tertiary/aromatic N) is 1. The lowest BCUT2D eigenvalue weighted by molar-refractivity contribution is -0.124. The molecule has 1 aliphatic rings. The van der Waals surface area contributed by atoms with Crippen LogP contribution in [0.1, 0.15) is 5.56 Å². The van der Waals surface area contributed by atoms with Gasteiger partial charge in [-0.25, -0.2) is 5.01 Å². The summed E-state index contributed by atoms with van der Waals surface area (Å²) in [4.78, 5) is 22.8. The highest BCUT2D eigenvalue weighted by molar-refractivity contribution is 5.95. The molecule has 0 radical (unpaired) electrons. The lowest BCUT2D eigenvalue weighted by Crippen LogP contribution is -2.37. The number of amides is 2. The highest BCUT2D eigenvalue weighted by Crippen LogP contribution is 2.28. The molecule has 2 rings (SSSR count). The Hall–Kier alpha value is -2.08. The first-order valence-corrected chi connectivity index (χ1v) is 5.57. The molecule has 2 N–H and O–H groups in total. The van der Waals surface area contributed by atoms with E-state index in [1.807, 2.05) is 6.07 Å². The van der Waals surface area contributed by atoms with Gasteiger partial charge in [-0.2, -0.15) is 0 Å². The number of hydrogen-bond acceptors (Lipinski definition) is 4. The van der Waals surface area contributed by atoms with Crippen LogP contribution in [-0.4, -0.2) is 37.5 Å². The Bertz CT molecular complexity index is 485. The summed E-state index contributed by atoms with van der Waals surface area (Å²) < 4.78 is 5.24. The molecule has 0 bridgehead atoms. The fourth-order valence-corrected chi connectivity index (χ4v) is 1.71. The molecule has 0 saturated carbocycles. The normalized spacial score (nSPS) is 13.6. The topological polar surface area (TPSA) is 70.7 Å². The SMILES string of the molecule is CN(C)NC(=O)Cc1ccc2c(c1)NC(=O)CO2. The fraction of sp³-hybridized carbons (Fsp3) is 0.333. The second-order valence-corrected chi connectivity index (χ2v) is 4.27. The Morgan fingerprint density at radius 1 is 1.50 bits per heavy atom. The first-order valence-electron chi connectivity index (χ1n) is 5.57. The van der Waals surface area contributed by atoms with E-state index in [9.17, 15) is 9.59 Å². The summed E-state index contributed by atoms with van der Waals surface area (Å²) in [6.45, 7) is 0.0352. The van der Waals surface area contributed by atoms with Crippen molar-refractivity contribution in [2.45, 2.75) is 6.42 Å². The van der Waals surface area contributed by atoms with Gasteiger partial charge in [0.15, 0.2) is 6.61 Å². The van der Waals surface area contributed by atoms with Crippen molar-refractivity contribution in [2.24, 2.45) is 0 Å². The Labute approximate surface area is 105 Å². The summed E-state index contributed by atoms with van der Waals surface area (Å²) >= 11 is 0. The molecule has 18 heavy (non-hydrogen) atoms. The maximum absolute atomic E-state index is 11.6. The summed E-state index contributed by atoms with van der Waals surface area (Å²) in [7, 11) is 3.50. The van der Waals surface area contributed by atoms with Crippen molar-refractivity contribution < 1.29 is 14.3 Å². The van der Waals surface area contributed by atoms with E-state index in [0.29, 0.717) is 11.4 Å². The average molecular weight is 249 g/mol. The number of carbonyl (C=O) groups excluding carboxylic acids is 2. The number of fused-ring (bicyclic) bond motifs is 1. The van der Waals surface area contributed by atoms with Crippen molar-refractivity contribution in [1.29, 1.82) is 0 Å². The Morgan fingerprint density at radius 3 is 3.00 bits per heavy atom. The van der Waals surface area contributed by atoms with Crippen LogP contribution in [0.4, 0.5) is 5.69 Å². The van der Waals surface area contributed by atoms with Gasteiger partial charge in [0.1, 0.15) is 5.75 Å². The van der Waals surface area contributed by atoms with E-state index in [1.165, 1.54) is 0 Å². The fourth-order valence-electron chi connectivity index (χ4n) is 1.71. The molecule has 1 heterocycles. The van der Waals surface area contributed by atoms with Gasteiger partial charge in [-0.1, -0.05) is 6.07 Å². The van der Waals surface area contributed by atoms with Crippen LogP contribution in [0.5, 0.6) is 5.75 Å². The van der Waals surface area contributed by atoms with E-state index in [1.54, 1.807) is 31.2 Å². The van der Waals surface area contributed by atoms with Crippen molar-refractivity contribution in [3.8, 4) is 5.75 Å². The van der Waals surface area contributed by atoms with Crippen LogP contribution in [0.2, 0.25) is 0 Å². The van der Waals surface area contributed by atoms with Crippen LogP contribution >= 0.6 is 0 Å². The Morgan fingerprint density at radius 2 is 2.28 bits per heavy atom. The summed E-state index contributed by atoms with van der Waals surface area (Å²) in [5.74, 6) is 0.340. The van der Waals surface area contributed by atoms with E-state index in [2.05, 4.69) is 10.7 Å². The molecule has 1 aromatic rings. The van der Waals surface area contributed by atoms with E-state index in [-0.39, 0.29) is 24.8 Å². The maximum atomic E-state index is 11.6. The van der Waals surface area contributed by atoms with Gasteiger partial charge in [0, 0.05) is 14.1 Å². The zero-order valence-electron chi connectivity index (χ0n) is 10.3. The van der Waals surface area contributed by atoms with Crippen molar-refractivity contribution in [1.82, 2.24) is 10.4 Å². The number of benzene rings is 1. The summed E-state index contributed by atoms with van der Waals surface area (Å²) in [5, 5.41) is 4.30. The second kappa shape index (κ2) is 5.05. The third-order valence-electron chi connectivity index (χ3n) is 2.39. The number of rotatable bonds is 3. The molecule has 6 nitrogen and oxygen atoms in total. The standard InChI is InChI=1S/C12H15N3O3/c1-15(2)14-11(16)6-8-3-4-10-9(5-8)13-12(17)7-18-10/h3-5H,6-7H2,1-2H3,(H,13,17)(H,14,16). The predicted octanol–water partition coefficient (Wildman–Crippen LogP) is 0.153. The van der Waals surface area contributed by atoms with Gasteiger partial charge < -0.3 is 10.1 Å². The van der Waals surface area contributed by atoms with E-state index < -0.39 is 0 Å². The minimum atomic E-state index is -0.183. The largest absolute Gasteiger partial charge is 0.482 e. The molecule has 96 valence electrons. The maximum Gasteiger partial charge on any atom is 0.262 e. The quantitative estimate of drug-likeness (QED) is 0.748. The minimum absolute atomic E-state index is 0.0352.